The molecule has 0 saturated heterocycles. The highest BCUT2D eigenvalue weighted by Crippen LogP contribution is 2.70. The molecule has 2 aromatic carbocycles. The maximum atomic E-state index is 13.4. The van der Waals surface area contributed by atoms with Gasteiger partial charge in [-0.2, -0.15) is 0 Å². The first-order valence-electron chi connectivity index (χ1n) is 12.6. The van der Waals surface area contributed by atoms with Crippen molar-refractivity contribution in [3.63, 3.8) is 0 Å². The van der Waals surface area contributed by atoms with Crippen LogP contribution in [0, 0.1) is 40.4 Å². The first-order valence-corrected chi connectivity index (χ1v) is 12.6. The summed E-state index contributed by atoms with van der Waals surface area (Å²) in [5.41, 5.74) is 0.382. The third-order valence-electron chi connectivity index (χ3n) is 9.91. The van der Waals surface area contributed by atoms with Crippen molar-refractivity contribution < 1.29 is 19.1 Å². The van der Waals surface area contributed by atoms with Crippen LogP contribution in [0.5, 0.6) is 0 Å². The number of carbonyl (C=O) groups is 2. The summed E-state index contributed by atoms with van der Waals surface area (Å²) in [5, 5.41) is 0. The predicted octanol–water partition coefficient (Wildman–Crippen LogP) is 6.66. The molecule has 34 heavy (non-hydrogen) atoms. The van der Waals surface area contributed by atoms with Crippen LogP contribution in [0.25, 0.3) is 0 Å². The molecule has 0 amide bonds. The number of hydrogen-bond acceptors (Lipinski definition) is 4. The summed E-state index contributed by atoms with van der Waals surface area (Å²) in [6.07, 6.45) is -1.07. The minimum absolute atomic E-state index is 0.235. The fourth-order valence-corrected chi connectivity index (χ4v) is 7.65. The SMILES string of the molecule is CC1C(C)C2(C(C)C)C(C)C(C)C1(C)C(OC(=O)c1ccccc1)C2OC(=O)c1ccccc1. The van der Waals surface area contributed by atoms with Crippen molar-refractivity contribution in [2.24, 2.45) is 40.4 Å². The monoisotopic (exact) mass is 462 g/mol. The number of rotatable bonds is 5. The number of fused-ring (bicyclic) bond motifs is 3. The molecule has 3 fully saturated rings. The van der Waals surface area contributed by atoms with Gasteiger partial charge in [0.25, 0.3) is 0 Å². The van der Waals surface area contributed by atoms with Crippen molar-refractivity contribution >= 4 is 11.9 Å². The summed E-state index contributed by atoms with van der Waals surface area (Å²) in [6.45, 7) is 15.8. The zero-order chi connectivity index (χ0) is 24.8. The topological polar surface area (TPSA) is 52.6 Å². The Morgan fingerprint density at radius 3 is 1.44 bits per heavy atom. The molecule has 4 nitrogen and oxygen atoms in total. The summed E-state index contributed by atoms with van der Waals surface area (Å²) in [7, 11) is 0. The Kier molecular flexibility index (Phi) is 6.39. The van der Waals surface area contributed by atoms with Gasteiger partial charge in [0.2, 0.25) is 0 Å². The van der Waals surface area contributed by atoms with Crippen LogP contribution in [0.1, 0.15) is 69.2 Å². The van der Waals surface area contributed by atoms with Crippen molar-refractivity contribution in [3.8, 4) is 0 Å². The van der Waals surface area contributed by atoms with E-state index in [0.29, 0.717) is 34.8 Å². The van der Waals surface area contributed by atoms with Crippen LogP contribution in [0.3, 0.4) is 0 Å². The number of carbonyl (C=O) groups excluding carboxylic acids is 2. The summed E-state index contributed by atoms with van der Waals surface area (Å²) >= 11 is 0. The van der Waals surface area contributed by atoms with Crippen LogP contribution < -0.4 is 0 Å². The zero-order valence-electron chi connectivity index (χ0n) is 21.4. The van der Waals surface area contributed by atoms with E-state index in [-0.39, 0.29) is 28.7 Å². The molecule has 3 aliphatic rings. The zero-order valence-corrected chi connectivity index (χ0v) is 21.4. The Balaban J connectivity index is 1.83. The molecule has 3 aliphatic carbocycles. The lowest BCUT2D eigenvalue weighted by atomic mass is 9.35. The van der Waals surface area contributed by atoms with Crippen LogP contribution >= 0.6 is 0 Å². The summed E-state index contributed by atoms with van der Waals surface area (Å²) in [5.74, 6) is 0.690. The molecule has 182 valence electrons. The van der Waals surface area contributed by atoms with Gasteiger partial charge in [0.15, 0.2) is 0 Å². The molecule has 5 rings (SSSR count). The Hall–Kier alpha value is -2.62. The van der Waals surface area contributed by atoms with Crippen molar-refractivity contribution in [2.75, 3.05) is 0 Å². The lowest BCUT2D eigenvalue weighted by molar-refractivity contribution is -0.303. The molecule has 2 bridgehead atoms. The first-order chi connectivity index (χ1) is 16.1. The fourth-order valence-electron chi connectivity index (χ4n) is 7.65. The lowest BCUT2D eigenvalue weighted by Crippen LogP contribution is -2.75. The van der Waals surface area contributed by atoms with E-state index in [9.17, 15) is 9.59 Å². The van der Waals surface area contributed by atoms with E-state index in [4.69, 9.17) is 9.47 Å². The minimum Gasteiger partial charge on any atom is -0.454 e. The molecular formula is C30H38O4. The van der Waals surface area contributed by atoms with Gasteiger partial charge in [0.1, 0.15) is 12.2 Å². The van der Waals surface area contributed by atoms with Gasteiger partial charge >= 0.3 is 11.9 Å². The highest BCUT2D eigenvalue weighted by Gasteiger charge is 2.73. The third kappa shape index (κ3) is 3.40. The average Bonchev–Trinajstić information content (AvgIpc) is 2.84. The van der Waals surface area contributed by atoms with Crippen LogP contribution in [-0.2, 0) is 9.47 Å². The van der Waals surface area contributed by atoms with E-state index < -0.39 is 12.2 Å². The normalized spacial score (nSPS) is 36.8. The van der Waals surface area contributed by atoms with Crippen LogP contribution in [0.15, 0.2) is 60.7 Å². The minimum atomic E-state index is -0.535. The Morgan fingerprint density at radius 2 is 1.06 bits per heavy atom. The smallest absolute Gasteiger partial charge is 0.338 e. The largest absolute Gasteiger partial charge is 0.454 e. The predicted molar refractivity (Wildman–Crippen MR) is 133 cm³/mol. The highest BCUT2D eigenvalue weighted by atomic mass is 16.6. The number of esters is 2. The summed E-state index contributed by atoms with van der Waals surface area (Å²) in [4.78, 5) is 26.7. The highest BCUT2D eigenvalue weighted by molar-refractivity contribution is 5.90. The molecule has 4 heteroatoms. The van der Waals surface area contributed by atoms with E-state index in [1.807, 2.05) is 36.4 Å². The second kappa shape index (κ2) is 8.87. The number of hydrogen-bond donors (Lipinski definition) is 0. The van der Waals surface area contributed by atoms with Gasteiger partial charge in [0, 0.05) is 10.8 Å². The quantitative estimate of drug-likeness (QED) is 0.466. The van der Waals surface area contributed by atoms with Crippen molar-refractivity contribution in [3.05, 3.63) is 71.8 Å². The number of ether oxygens (including phenoxy) is 2. The molecule has 6 unspecified atom stereocenters. The second-order valence-corrected chi connectivity index (χ2v) is 11.1. The van der Waals surface area contributed by atoms with Gasteiger partial charge in [-0.1, -0.05) is 84.9 Å². The lowest BCUT2D eigenvalue weighted by Gasteiger charge is -2.72. The van der Waals surface area contributed by atoms with Gasteiger partial charge < -0.3 is 9.47 Å². The molecule has 0 aromatic heterocycles. The molecule has 0 spiro atoms. The van der Waals surface area contributed by atoms with E-state index in [0.717, 1.165) is 0 Å². The molecule has 3 saturated carbocycles. The molecule has 0 radical (unpaired) electrons. The number of benzene rings is 2. The fraction of sp³-hybridized carbons (Fsp3) is 0.533. The van der Waals surface area contributed by atoms with Crippen LogP contribution in [-0.4, -0.2) is 24.1 Å². The average molecular weight is 463 g/mol. The second-order valence-electron chi connectivity index (χ2n) is 11.1. The molecule has 0 N–H and O–H groups in total. The van der Waals surface area contributed by atoms with E-state index in [2.05, 4.69) is 48.5 Å². The van der Waals surface area contributed by atoms with Gasteiger partial charge in [-0.25, -0.2) is 9.59 Å². The standard InChI is InChI=1S/C30H38O4/c1-18(2)30-21(5)19(3)29(7,20(4)22(30)6)25(33-27(31)23-14-10-8-11-15-23)26(30)34-28(32)24-16-12-9-13-17-24/h8-22,25-26H,1-7H3. The molecule has 2 aromatic rings. The first kappa shape index (κ1) is 24.5. The Bertz CT molecular complexity index is 1010. The maximum absolute atomic E-state index is 13.4. The maximum Gasteiger partial charge on any atom is 0.338 e. The van der Waals surface area contributed by atoms with E-state index in [1.165, 1.54) is 0 Å². The van der Waals surface area contributed by atoms with Crippen LogP contribution in [0.2, 0.25) is 0 Å². The summed E-state index contributed by atoms with van der Waals surface area (Å²) in [6, 6.07) is 18.2. The molecule has 0 aliphatic heterocycles. The molecular weight excluding hydrogens is 424 g/mol. The van der Waals surface area contributed by atoms with Gasteiger partial charge in [-0.05, 0) is 53.9 Å². The third-order valence-corrected chi connectivity index (χ3v) is 9.91. The van der Waals surface area contributed by atoms with Gasteiger partial charge in [0.05, 0.1) is 11.1 Å². The van der Waals surface area contributed by atoms with E-state index >= 15 is 0 Å². The van der Waals surface area contributed by atoms with E-state index in [1.54, 1.807) is 24.3 Å². The Labute approximate surface area is 204 Å². The van der Waals surface area contributed by atoms with Crippen molar-refractivity contribution in [1.82, 2.24) is 0 Å². The summed E-state index contributed by atoms with van der Waals surface area (Å²) < 4.78 is 12.8. The van der Waals surface area contributed by atoms with Crippen molar-refractivity contribution in [2.45, 2.75) is 60.7 Å². The molecule has 0 heterocycles. The van der Waals surface area contributed by atoms with Crippen molar-refractivity contribution in [1.29, 1.82) is 0 Å². The molecule has 6 atom stereocenters. The van der Waals surface area contributed by atoms with Gasteiger partial charge in [-0.3, -0.25) is 0 Å². The van der Waals surface area contributed by atoms with Crippen LogP contribution in [0.4, 0.5) is 0 Å². The van der Waals surface area contributed by atoms with Gasteiger partial charge in [-0.15, -0.1) is 0 Å². The Morgan fingerprint density at radius 1 is 0.676 bits per heavy atom.